The Morgan fingerprint density at radius 2 is 2.10 bits per heavy atom. The Kier molecular flexibility index (Phi) is 3.26. The minimum atomic E-state index is -3.81. The molecule has 0 amide bonds. The fourth-order valence-corrected chi connectivity index (χ4v) is 3.09. The van der Waals surface area contributed by atoms with Crippen molar-refractivity contribution in [2.75, 3.05) is 4.72 Å². The molecule has 0 aliphatic carbocycles. The van der Waals surface area contributed by atoms with Gasteiger partial charge in [0, 0.05) is 18.6 Å². The van der Waals surface area contributed by atoms with E-state index in [1.165, 1.54) is 10.9 Å². The second-order valence-corrected chi connectivity index (χ2v) is 6.37. The first-order valence-electron chi connectivity index (χ1n) is 5.90. The first-order chi connectivity index (χ1) is 9.97. The van der Waals surface area contributed by atoms with Gasteiger partial charge in [0.1, 0.15) is 0 Å². The van der Waals surface area contributed by atoms with Gasteiger partial charge < -0.3 is 0 Å². The van der Waals surface area contributed by atoms with Gasteiger partial charge in [-0.25, -0.2) is 0 Å². The summed E-state index contributed by atoms with van der Waals surface area (Å²) in [6.07, 6.45) is 2.91. The van der Waals surface area contributed by atoms with Crippen LogP contribution < -0.4 is 4.72 Å². The Balaban J connectivity index is 2.08. The maximum Gasteiger partial charge on any atom is 0.282 e. The number of nitrogens with zero attached hydrogens (tertiary/aromatic N) is 4. The number of hydrogen-bond donors (Lipinski definition) is 1. The Morgan fingerprint density at radius 3 is 2.81 bits per heavy atom. The number of nitrogens with one attached hydrogen (secondary N) is 1. The number of rotatable bonds is 3. The summed E-state index contributed by atoms with van der Waals surface area (Å²) in [5, 5.41) is 8.12. The molecule has 0 fully saturated rings. The molecule has 7 nitrogen and oxygen atoms in total. The van der Waals surface area contributed by atoms with Crippen LogP contribution in [0.15, 0.2) is 41.7 Å². The fraction of sp³-hybridized carbons (Fsp3) is 0.0833. The van der Waals surface area contributed by atoms with Crippen LogP contribution in [-0.4, -0.2) is 28.4 Å². The molecule has 9 heteroatoms. The van der Waals surface area contributed by atoms with Crippen molar-refractivity contribution in [3.8, 4) is 0 Å². The van der Waals surface area contributed by atoms with Crippen LogP contribution in [0.3, 0.4) is 0 Å². The van der Waals surface area contributed by atoms with E-state index < -0.39 is 10.0 Å². The predicted molar refractivity (Wildman–Crippen MR) is 78.6 cm³/mol. The summed E-state index contributed by atoms with van der Waals surface area (Å²) in [5.74, 6) is 0. The second-order valence-electron chi connectivity index (χ2n) is 4.33. The van der Waals surface area contributed by atoms with Crippen molar-refractivity contribution in [1.29, 1.82) is 0 Å². The van der Waals surface area contributed by atoms with E-state index in [0.29, 0.717) is 21.6 Å². The normalized spacial score (nSPS) is 11.7. The number of pyridine rings is 1. The van der Waals surface area contributed by atoms with Crippen LogP contribution in [0.2, 0.25) is 5.02 Å². The van der Waals surface area contributed by atoms with Gasteiger partial charge in [0.15, 0.2) is 0 Å². The molecule has 0 aliphatic rings. The van der Waals surface area contributed by atoms with Crippen molar-refractivity contribution < 1.29 is 8.42 Å². The first-order valence-corrected chi connectivity index (χ1v) is 7.76. The summed E-state index contributed by atoms with van der Waals surface area (Å²) < 4.78 is 28.3. The van der Waals surface area contributed by atoms with Gasteiger partial charge in [0.05, 0.1) is 22.4 Å². The first kappa shape index (κ1) is 13.8. The number of fused-ring (bicyclic) bond motifs is 1. The molecule has 3 aromatic rings. The van der Waals surface area contributed by atoms with E-state index in [1.807, 2.05) is 0 Å². The third-order valence-electron chi connectivity index (χ3n) is 2.82. The molecule has 1 N–H and O–H groups in total. The van der Waals surface area contributed by atoms with Crippen LogP contribution in [0.5, 0.6) is 0 Å². The average molecular weight is 324 g/mol. The van der Waals surface area contributed by atoms with Crippen LogP contribution in [0.25, 0.3) is 10.9 Å². The summed E-state index contributed by atoms with van der Waals surface area (Å²) >= 11 is 6.06. The highest BCUT2D eigenvalue weighted by atomic mass is 35.5. The smallest absolute Gasteiger partial charge is 0.278 e. The van der Waals surface area contributed by atoms with Gasteiger partial charge >= 0.3 is 0 Å². The SMILES string of the molecule is Cn1cc(S(=O)(=O)Nc2ccc(Cl)c3ncccc23)nn1. The Hall–Kier alpha value is -2.19. The number of sulfonamides is 1. The molecule has 0 spiro atoms. The third-order valence-corrected chi connectivity index (χ3v) is 4.35. The van der Waals surface area contributed by atoms with Crippen molar-refractivity contribution in [2.24, 2.45) is 7.05 Å². The molecule has 0 atom stereocenters. The summed E-state index contributed by atoms with van der Waals surface area (Å²) in [5.41, 5.74) is 0.909. The molecule has 2 heterocycles. The van der Waals surface area contributed by atoms with Crippen molar-refractivity contribution in [1.82, 2.24) is 20.0 Å². The standard InChI is InChI=1S/C12H10ClN5O2S/c1-18-7-11(15-17-18)21(19,20)16-10-5-4-9(13)12-8(10)3-2-6-14-12/h2-7,16H,1H3. The molecule has 0 bridgehead atoms. The minimum Gasteiger partial charge on any atom is -0.278 e. The number of aryl methyl sites for hydroxylation is 1. The Bertz CT molecular complexity index is 922. The fourth-order valence-electron chi connectivity index (χ4n) is 1.87. The van der Waals surface area contributed by atoms with Gasteiger partial charge in [0.25, 0.3) is 10.0 Å². The summed E-state index contributed by atoms with van der Waals surface area (Å²) in [6.45, 7) is 0. The summed E-state index contributed by atoms with van der Waals surface area (Å²) in [4.78, 5) is 4.15. The molecule has 0 radical (unpaired) electrons. The van der Waals surface area contributed by atoms with Crippen LogP contribution in [0, 0.1) is 0 Å². The van der Waals surface area contributed by atoms with Crippen LogP contribution in [0.4, 0.5) is 5.69 Å². The molecule has 21 heavy (non-hydrogen) atoms. The monoisotopic (exact) mass is 323 g/mol. The van der Waals surface area contributed by atoms with E-state index in [2.05, 4.69) is 20.0 Å². The maximum atomic E-state index is 12.3. The third kappa shape index (κ3) is 2.55. The molecule has 0 saturated carbocycles. The Labute approximate surface area is 125 Å². The second kappa shape index (κ2) is 4.97. The zero-order valence-electron chi connectivity index (χ0n) is 10.9. The molecule has 1 aromatic carbocycles. The van der Waals surface area contributed by atoms with Crippen molar-refractivity contribution in [3.63, 3.8) is 0 Å². The number of anilines is 1. The quantitative estimate of drug-likeness (QED) is 0.794. The molecular formula is C12H10ClN5O2S. The van der Waals surface area contributed by atoms with Gasteiger partial charge in [-0.2, -0.15) is 8.42 Å². The lowest BCUT2D eigenvalue weighted by Crippen LogP contribution is -2.13. The van der Waals surface area contributed by atoms with E-state index in [1.54, 1.807) is 37.5 Å². The average Bonchev–Trinajstić information content (AvgIpc) is 2.90. The van der Waals surface area contributed by atoms with Gasteiger partial charge in [-0.1, -0.05) is 16.8 Å². The molecule has 0 saturated heterocycles. The molecule has 0 unspecified atom stereocenters. The van der Waals surface area contributed by atoms with E-state index in [9.17, 15) is 8.42 Å². The lowest BCUT2D eigenvalue weighted by molar-refractivity contribution is 0.597. The van der Waals surface area contributed by atoms with Crippen molar-refractivity contribution in [2.45, 2.75) is 5.03 Å². The van der Waals surface area contributed by atoms with Gasteiger partial charge in [-0.3, -0.25) is 14.4 Å². The number of hydrogen-bond acceptors (Lipinski definition) is 5. The minimum absolute atomic E-state index is 0.156. The highest BCUT2D eigenvalue weighted by molar-refractivity contribution is 7.92. The maximum absolute atomic E-state index is 12.3. The van der Waals surface area contributed by atoms with Crippen molar-refractivity contribution in [3.05, 3.63) is 41.7 Å². The van der Waals surface area contributed by atoms with Crippen LogP contribution in [0.1, 0.15) is 0 Å². The molecule has 3 rings (SSSR count). The number of aromatic nitrogens is 4. The predicted octanol–water partition coefficient (Wildman–Crippen LogP) is 1.82. The zero-order chi connectivity index (χ0) is 15.0. The Morgan fingerprint density at radius 1 is 1.29 bits per heavy atom. The lowest BCUT2D eigenvalue weighted by Gasteiger charge is -2.09. The van der Waals surface area contributed by atoms with Crippen LogP contribution >= 0.6 is 11.6 Å². The van der Waals surface area contributed by atoms with Gasteiger partial charge in [-0.05, 0) is 24.3 Å². The summed E-state index contributed by atoms with van der Waals surface area (Å²) in [6, 6.07) is 6.62. The largest absolute Gasteiger partial charge is 0.282 e. The summed E-state index contributed by atoms with van der Waals surface area (Å²) in [7, 11) is -2.22. The number of benzene rings is 1. The zero-order valence-corrected chi connectivity index (χ0v) is 12.4. The van der Waals surface area contributed by atoms with E-state index in [0.717, 1.165) is 0 Å². The van der Waals surface area contributed by atoms with E-state index >= 15 is 0 Å². The molecule has 0 aliphatic heterocycles. The van der Waals surface area contributed by atoms with E-state index in [-0.39, 0.29) is 5.03 Å². The highest BCUT2D eigenvalue weighted by Crippen LogP contribution is 2.29. The molecule has 2 aromatic heterocycles. The van der Waals surface area contributed by atoms with Gasteiger partial charge in [0.2, 0.25) is 5.03 Å². The van der Waals surface area contributed by atoms with Gasteiger partial charge in [-0.15, -0.1) is 5.10 Å². The lowest BCUT2D eigenvalue weighted by atomic mass is 10.2. The molecular weight excluding hydrogens is 314 g/mol. The topological polar surface area (TPSA) is 89.8 Å². The van der Waals surface area contributed by atoms with Crippen LogP contribution in [-0.2, 0) is 17.1 Å². The van der Waals surface area contributed by atoms with E-state index in [4.69, 9.17) is 11.6 Å². The molecule has 108 valence electrons. The highest BCUT2D eigenvalue weighted by Gasteiger charge is 2.19. The van der Waals surface area contributed by atoms with Crippen molar-refractivity contribution >= 4 is 38.2 Å². The number of halogens is 1.